The highest BCUT2D eigenvalue weighted by Gasteiger charge is 2.80. The zero-order valence-corrected chi connectivity index (χ0v) is 19.1. The van der Waals surface area contributed by atoms with Crippen LogP contribution in [0.2, 0.25) is 0 Å². The van der Waals surface area contributed by atoms with Gasteiger partial charge in [0.1, 0.15) is 11.9 Å². The lowest BCUT2D eigenvalue weighted by molar-refractivity contribution is -0.253. The number of hydrogen-bond acceptors (Lipinski definition) is 9. The van der Waals surface area contributed by atoms with E-state index in [1.54, 1.807) is 49.4 Å². The highest BCUT2D eigenvalue weighted by Crippen LogP contribution is 2.70. The Labute approximate surface area is 197 Å². The van der Waals surface area contributed by atoms with E-state index in [-0.39, 0.29) is 5.75 Å². The first kappa shape index (κ1) is 22.9. The van der Waals surface area contributed by atoms with Crippen LogP contribution in [0.3, 0.4) is 0 Å². The summed E-state index contributed by atoms with van der Waals surface area (Å²) in [7, 11) is 4.42. The Balaban J connectivity index is 2.03. The first-order valence-corrected chi connectivity index (χ1v) is 10.4. The van der Waals surface area contributed by atoms with Gasteiger partial charge in [0.2, 0.25) is 17.1 Å². The molecule has 2 heterocycles. The molecule has 2 bridgehead atoms. The summed E-state index contributed by atoms with van der Waals surface area (Å²) in [6.45, 7) is 1.61. The van der Waals surface area contributed by atoms with Crippen LogP contribution < -0.4 is 14.2 Å². The quantitative estimate of drug-likeness (QED) is 0.712. The zero-order valence-electron chi connectivity index (χ0n) is 19.1. The number of ether oxygens (including phenoxy) is 5. The fraction of sp³-hybridized carbons (Fsp3) is 0.360. The van der Waals surface area contributed by atoms with E-state index in [1.807, 2.05) is 12.1 Å². The molecule has 0 amide bonds. The number of fused-ring (bicyclic) bond motifs is 2. The van der Waals surface area contributed by atoms with Gasteiger partial charge in [-0.25, -0.2) is 0 Å². The molecule has 0 spiro atoms. The molecule has 0 radical (unpaired) electrons. The minimum atomic E-state index is -2.15. The molecular weight excluding hydrogens is 436 g/mol. The van der Waals surface area contributed by atoms with Gasteiger partial charge in [-0.1, -0.05) is 24.3 Å². The summed E-state index contributed by atoms with van der Waals surface area (Å²) in [5, 5.41) is 40.2. The molecule has 2 aromatic rings. The molecular formula is C25H22N4O5. The van der Waals surface area contributed by atoms with Crippen molar-refractivity contribution < 1.29 is 23.7 Å². The summed E-state index contributed by atoms with van der Waals surface area (Å²) in [5.74, 6) is -1.76. The number of para-hydroxylation sites is 1. The number of hydrogen-bond donors (Lipinski definition) is 1. The van der Waals surface area contributed by atoms with Crippen molar-refractivity contribution in [2.24, 2.45) is 10.8 Å². The van der Waals surface area contributed by atoms with E-state index in [9.17, 15) is 15.8 Å². The van der Waals surface area contributed by atoms with Gasteiger partial charge in [-0.3, -0.25) is 5.41 Å². The molecule has 4 atom stereocenters. The Morgan fingerprint density at radius 3 is 2.12 bits per heavy atom. The molecule has 0 aliphatic carbocycles. The lowest BCUT2D eigenvalue weighted by Gasteiger charge is -2.49. The van der Waals surface area contributed by atoms with Gasteiger partial charge in [0.05, 0.1) is 45.5 Å². The zero-order chi connectivity index (χ0) is 24.7. The predicted molar refractivity (Wildman–Crippen MR) is 118 cm³/mol. The summed E-state index contributed by atoms with van der Waals surface area (Å²) >= 11 is 0. The highest BCUT2D eigenvalue weighted by atomic mass is 16.7. The van der Waals surface area contributed by atoms with Crippen molar-refractivity contribution in [1.29, 1.82) is 21.2 Å². The van der Waals surface area contributed by atoms with Crippen molar-refractivity contribution in [3.05, 3.63) is 53.6 Å². The largest absolute Gasteiger partial charge is 0.497 e. The third kappa shape index (κ3) is 2.70. The van der Waals surface area contributed by atoms with Gasteiger partial charge in [-0.2, -0.15) is 15.8 Å². The minimum Gasteiger partial charge on any atom is -0.497 e. The molecule has 2 aliphatic rings. The second-order valence-electron chi connectivity index (χ2n) is 8.19. The van der Waals surface area contributed by atoms with Gasteiger partial charge in [0.25, 0.3) is 0 Å². The summed E-state index contributed by atoms with van der Waals surface area (Å²) in [6, 6.07) is 18.0. The van der Waals surface area contributed by atoms with E-state index in [0.717, 1.165) is 0 Å². The Bertz CT molecular complexity index is 1260. The smallest absolute Gasteiger partial charge is 0.218 e. The van der Waals surface area contributed by atoms with E-state index in [0.29, 0.717) is 22.6 Å². The monoisotopic (exact) mass is 458 g/mol. The van der Waals surface area contributed by atoms with Gasteiger partial charge in [-0.15, -0.1) is 0 Å². The van der Waals surface area contributed by atoms with Crippen LogP contribution in [0.25, 0.3) is 0 Å². The molecule has 172 valence electrons. The third-order valence-electron chi connectivity index (χ3n) is 6.68. The first-order chi connectivity index (χ1) is 16.3. The molecule has 34 heavy (non-hydrogen) atoms. The van der Waals surface area contributed by atoms with E-state index in [4.69, 9.17) is 29.1 Å². The van der Waals surface area contributed by atoms with Crippen molar-refractivity contribution >= 4 is 5.90 Å². The van der Waals surface area contributed by atoms with Crippen molar-refractivity contribution in [3.63, 3.8) is 0 Å². The average Bonchev–Trinajstić information content (AvgIpc) is 3.05. The van der Waals surface area contributed by atoms with Crippen LogP contribution in [0.15, 0.2) is 42.5 Å². The molecule has 0 aromatic heterocycles. The second kappa shape index (κ2) is 7.95. The van der Waals surface area contributed by atoms with Crippen molar-refractivity contribution in [2.45, 2.75) is 24.7 Å². The number of nitrogens with zero attached hydrogens (tertiary/aromatic N) is 3. The predicted octanol–water partition coefficient (Wildman–Crippen LogP) is 3.83. The fourth-order valence-electron chi connectivity index (χ4n) is 5.18. The molecule has 0 saturated carbocycles. The topological polar surface area (TPSA) is 141 Å². The summed E-state index contributed by atoms with van der Waals surface area (Å²) in [4.78, 5) is 0. The molecule has 1 N–H and O–H groups in total. The van der Waals surface area contributed by atoms with Crippen LogP contribution in [-0.4, -0.2) is 33.0 Å². The maximum absolute atomic E-state index is 10.6. The highest BCUT2D eigenvalue weighted by molar-refractivity contribution is 5.90. The lowest BCUT2D eigenvalue weighted by atomic mass is 9.52. The van der Waals surface area contributed by atoms with Crippen molar-refractivity contribution in [2.75, 3.05) is 21.3 Å². The Kier molecular flexibility index (Phi) is 5.36. The van der Waals surface area contributed by atoms with Crippen LogP contribution >= 0.6 is 0 Å². The number of benzene rings is 2. The molecule has 2 aliphatic heterocycles. The SMILES string of the molecule is COc1ccc(C2C3(C)OC(=N)C2(C#N)C(C#N)(C#N)C(c2cccc(OC)c2OC)O3)cc1. The third-order valence-corrected chi connectivity index (χ3v) is 6.68. The van der Waals surface area contributed by atoms with E-state index in [1.165, 1.54) is 21.3 Å². The lowest BCUT2D eigenvalue weighted by Crippen LogP contribution is -2.57. The summed E-state index contributed by atoms with van der Waals surface area (Å²) in [5.41, 5.74) is -3.23. The van der Waals surface area contributed by atoms with Crippen LogP contribution in [0.5, 0.6) is 17.2 Å². The van der Waals surface area contributed by atoms with Crippen LogP contribution in [0.1, 0.15) is 30.1 Å². The molecule has 2 fully saturated rings. The Morgan fingerprint density at radius 2 is 1.59 bits per heavy atom. The van der Waals surface area contributed by atoms with Gasteiger partial charge >= 0.3 is 0 Å². The molecule has 4 rings (SSSR count). The molecule has 9 nitrogen and oxygen atoms in total. The van der Waals surface area contributed by atoms with Crippen molar-refractivity contribution in [3.8, 4) is 35.5 Å². The normalized spacial score (nSPS) is 28.6. The van der Waals surface area contributed by atoms with Crippen molar-refractivity contribution in [1.82, 2.24) is 0 Å². The number of methoxy groups -OCH3 is 3. The number of nitriles is 3. The molecule has 2 saturated heterocycles. The Morgan fingerprint density at radius 1 is 0.912 bits per heavy atom. The number of rotatable bonds is 5. The van der Waals surface area contributed by atoms with Crippen LogP contribution in [-0.2, 0) is 9.47 Å². The van der Waals surface area contributed by atoms with E-state index in [2.05, 4.69) is 6.07 Å². The van der Waals surface area contributed by atoms with Gasteiger partial charge in [0, 0.05) is 12.5 Å². The van der Waals surface area contributed by atoms with Gasteiger partial charge in [0.15, 0.2) is 16.9 Å². The molecule has 2 aromatic carbocycles. The second-order valence-corrected chi connectivity index (χ2v) is 8.19. The number of nitrogens with one attached hydrogen (secondary N) is 1. The van der Waals surface area contributed by atoms with Gasteiger partial charge < -0.3 is 23.7 Å². The fourth-order valence-corrected chi connectivity index (χ4v) is 5.18. The summed E-state index contributed by atoms with van der Waals surface area (Å²) in [6.07, 6.45) is -1.28. The molecule has 4 unspecified atom stereocenters. The first-order valence-electron chi connectivity index (χ1n) is 10.4. The van der Waals surface area contributed by atoms with Crippen LogP contribution in [0, 0.1) is 50.2 Å². The Hall–Kier alpha value is -4.26. The molecule has 9 heteroatoms. The maximum Gasteiger partial charge on any atom is 0.218 e. The van der Waals surface area contributed by atoms with E-state index < -0.39 is 34.5 Å². The minimum absolute atomic E-state index is 0.260. The van der Waals surface area contributed by atoms with Gasteiger partial charge in [-0.05, 0) is 23.8 Å². The van der Waals surface area contributed by atoms with E-state index >= 15 is 0 Å². The standard InChI is InChI=1S/C25H22N4O5/c1-23-20(15-8-10-16(30-2)11-9-15)25(14-28,22(29)34-23)24(12-26,13-27)21(33-23)17-6-5-7-18(31-3)19(17)32-4/h5-11,20-21,29H,1-4H3. The van der Waals surface area contributed by atoms with Crippen LogP contribution in [0.4, 0.5) is 0 Å². The summed E-state index contributed by atoms with van der Waals surface area (Å²) < 4.78 is 28.4. The maximum atomic E-state index is 10.6. The average molecular weight is 458 g/mol.